The van der Waals surface area contributed by atoms with E-state index in [1.54, 1.807) is 0 Å². The minimum atomic E-state index is -0.550. The van der Waals surface area contributed by atoms with E-state index in [1.807, 2.05) is 0 Å². The van der Waals surface area contributed by atoms with Gasteiger partial charge in [0.2, 0.25) is 0 Å². The highest BCUT2D eigenvalue weighted by Gasteiger charge is 2.50. The van der Waals surface area contributed by atoms with Crippen molar-refractivity contribution in [2.45, 2.75) is 50.5 Å². The molecule has 2 aromatic rings. The molecule has 3 aliphatic rings. The molecule has 0 bridgehead atoms. The van der Waals surface area contributed by atoms with Gasteiger partial charge in [0.15, 0.2) is 0 Å². The number of benzene rings is 1. The first-order valence-electron chi connectivity index (χ1n) is 10.0. The average molecular weight is 390 g/mol. The normalized spacial score (nSPS) is 34.7. The van der Waals surface area contributed by atoms with E-state index in [0.717, 1.165) is 25.7 Å². The topological polar surface area (TPSA) is 62.3 Å². The Labute approximate surface area is 166 Å². The SMILES string of the molecule is COC(=O)[C@H]1[C@H]2C[C@H]3c4[nH]c5ccccc5c4CCC3C[C@H]2CC[C@H]1O.Cl. The van der Waals surface area contributed by atoms with E-state index in [-0.39, 0.29) is 30.2 Å². The van der Waals surface area contributed by atoms with Crippen molar-refractivity contribution in [1.29, 1.82) is 0 Å². The highest BCUT2D eigenvalue weighted by atomic mass is 35.5. The highest BCUT2D eigenvalue weighted by molar-refractivity contribution is 5.85. The molecule has 5 rings (SSSR count). The number of aliphatic hydroxyl groups excluding tert-OH is 1. The molecule has 1 aromatic heterocycles. The zero-order valence-electron chi connectivity index (χ0n) is 15.7. The lowest BCUT2D eigenvalue weighted by molar-refractivity contribution is -0.158. The Morgan fingerprint density at radius 2 is 1.96 bits per heavy atom. The highest BCUT2D eigenvalue weighted by Crippen LogP contribution is 2.55. The second kappa shape index (κ2) is 7.14. The molecule has 27 heavy (non-hydrogen) atoms. The number of aliphatic hydroxyl groups is 1. The van der Waals surface area contributed by atoms with Crippen molar-refractivity contribution >= 4 is 29.3 Å². The van der Waals surface area contributed by atoms with Gasteiger partial charge in [0.05, 0.1) is 19.1 Å². The van der Waals surface area contributed by atoms with Gasteiger partial charge >= 0.3 is 5.97 Å². The fourth-order valence-corrected chi connectivity index (χ4v) is 6.30. The van der Waals surface area contributed by atoms with Crippen LogP contribution in [0.1, 0.15) is 49.3 Å². The number of nitrogens with one attached hydrogen (secondary N) is 1. The van der Waals surface area contributed by atoms with Crippen LogP contribution in [0.25, 0.3) is 10.9 Å². The van der Waals surface area contributed by atoms with Crippen molar-refractivity contribution in [3.05, 3.63) is 35.5 Å². The standard InChI is InChI=1S/C22H27NO3.ClH/c1-26-22(25)20-16-11-17-13(10-12(16)7-9-19(20)24)6-8-15-14-4-2-3-5-18(14)23-21(15)17;/h2-5,12-13,16-17,19-20,23-24H,6-11H2,1H3;1H/t12-,13?,16+,17-,19-,20+;/m1./s1. The van der Waals surface area contributed by atoms with E-state index in [4.69, 9.17) is 4.74 Å². The number of para-hydroxylation sites is 1. The largest absolute Gasteiger partial charge is 0.469 e. The number of H-pyrrole nitrogens is 1. The molecule has 2 fully saturated rings. The maximum atomic E-state index is 12.4. The van der Waals surface area contributed by atoms with Crippen LogP contribution in [0.3, 0.4) is 0 Å². The van der Waals surface area contributed by atoms with Gasteiger partial charge in [-0.3, -0.25) is 4.79 Å². The zero-order valence-corrected chi connectivity index (χ0v) is 16.5. The Balaban J connectivity index is 0.00000180. The van der Waals surface area contributed by atoms with Crippen LogP contribution in [0.2, 0.25) is 0 Å². The molecule has 0 amide bonds. The molecule has 3 aliphatic carbocycles. The molecule has 0 saturated heterocycles. The Bertz CT molecular complexity index is 847. The van der Waals surface area contributed by atoms with Crippen molar-refractivity contribution in [3.63, 3.8) is 0 Å². The molecule has 0 spiro atoms. The number of rotatable bonds is 1. The lowest BCUT2D eigenvalue weighted by atomic mass is 9.56. The molecule has 2 N–H and O–H groups in total. The van der Waals surface area contributed by atoms with Gasteiger partial charge in [-0.15, -0.1) is 12.4 Å². The fraction of sp³-hybridized carbons (Fsp3) is 0.591. The number of ether oxygens (including phenoxy) is 1. The first-order valence-corrected chi connectivity index (χ1v) is 10.0. The van der Waals surface area contributed by atoms with Gasteiger partial charge < -0.3 is 14.8 Å². The number of fused-ring (bicyclic) bond motifs is 6. The molecule has 0 radical (unpaired) electrons. The number of aromatic nitrogens is 1. The monoisotopic (exact) mass is 389 g/mol. The molecule has 1 unspecified atom stereocenters. The quantitative estimate of drug-likeness (QED) is 0.718. The minimum Gasteiger partial charge on any atom is -0.469 e. The van der Waals surface area contributed by atoms with Crippen LogP contribution < -0.4 is 0 Å². The van der Waals surface area contributed by atoms with Crippen molar-refractivity contribution < 1.29 is 14.6 Å². The summed E-state index contributed by atoms with van der Waals surface area (Å²) >= 11 is 0. The summed E-state index contributed by atoms with van der Waals surface area (Å²) in [5.74, 6) is 1.39. The van der Waals surface area contributed by atoms with Crippen LogP contribution in [0.5, 0.6) is 0 Å². The maximum Gasteiger partial charge on any atom is 0.311 e. The van der Waals surface area contributed by atoms with Gasteiger partial charge in [-0.2, -0.15) is 0 Å². The number of hydrogen-bond donors (Lipinski definition) is 2. The first-order chi connectivity index (χ1) is 12.7. The fourth-order valence-electron chi connectivity index (χ4n) is 6.30. The number of esters is 1. The summed E-state index contributed by atoms with van der Waals surface area (Å²) in [6, 6.07) is 8.59. The van der Waals surface area contributed by atoms with E-state index < -0.39 is 6.10 Å². The lowest BCUT2D eigenvalue weighted by Gasteiger charge is -2.49. The molecule has 5 heteroatoms. The summed E-state index contributed by atoms with van der Waals surface area (Å²) in [6.07, 6.45) is 5.80. The molecule has 6 atom stereocenters. The minimum absolute atomic E-state index is 0. The van der Waals surface area contributed by atoms with E-state index in [9.17, 15) is 9.90 Å². The average Bonchev–Trinajstić information content (AvgIpc) is 3.05. The molecular formula is C22H28ClNO3. The van der Waals surface area contributed by atoms with Crippen LogP contribution in [-0.2, 0) is 16.0 Å². The summed E-state index contributed by atoms with van der Waals surface area (Å²) in [6.45, 7) is 0. The Kier molecular flexibility index (Phi) is 4.98. The number of halogens is 1. The molecule has 146 valence electrons. The summed E-state index contributed by atoms with van der Waals surface area (Å²) in [4.78, 5) is 16.1. The van der Waals surface area contributed by atoms with Gasteiger partial charge in [-0.25, -0.2) is 0 Å². The zero-order chi connectivity index (χ0) is 17.8. The number of methoxy groups -OCH3 is 1. The Morgan fingerprint density at radius 3 is 2.78 bits per heavy atom. The number of aromatic amines is 1. The van der Waals surface area contributed by atoms with Gasteiger partial charge in [0.25, 0.3) is 0 Å². The van der Waals surface area contributed by atoms with Gasteiger partial charge in [-0.05, 0) is 67.9 Å². The van der Waals surface area contributed by atoms with Gasteiger partial charge in [0.1, 0.15) is 0 Å². The van der Waals surface area contributed by atoms with E-state index >= 15 is 0 Å². The summed E-state index contributed by atoms with van der Waals surface area (Å²) < 4.78 is 5.06. The molecule has 0 aliphatic heterocycles. The van der Waals surface area contributed by atoms with Crippen molar-refractivity contribution in [2.75, 3.05) is 7.11 Å². The Morgan fingerprint density at radius 1 is 1.15 bits per heavy atom. The lowest BCUT2D eigenvalue weighted by Crippen LogP contribution is -2.47. The predicted molar refractivity (Wildman–Crippen MR) is 107 cm³/mol. The number of aryl methyl sites for hydroxylation is 1. The van der Waals surface area contributed by atoms with E-state index in [2.05, 4.69) is 29.2 Å². The molecular weight excluding hydrogens is 362 g/mol. The van der Waals surface area contributed by atoms with Crippen molar-refractivity contribution in [2.24, 2.45) is 23.7 Å². The van der Waals surface area contributed by atoms with Crippen LogP contribution >= 0.6 is 12.4 Å². The summed E-state index contributed by atoms with van der Waals surface area (Å²) in [7, 11) is 1.45. The number of carbonyl (C=O) groups excluding carboxylic acids is 1. The first kappa shape index (κ1) is 18.8. The maximum absolute atomic E-state index is 12.4. The smallest absolute Gasteiger partial charge is 0.311 e. The predicted octanol–water partition coefficient (Wildman–Crippen LogP) is 4.21. The molecule has 4 nitrogen and oxygen atoms in total. The third-order valence-corrected chi connectivity index (χ3v) is 7.47. The van der Waals surface area contributed by atoms with Crippen LogP contribution in [0.4, 0.5) is 0 Å². The second-order valence-electron chi connectivity index (χ2n) is 8.56. The van der Waals surface area contributed by atoms with Crippen LogP contribution in [0, 0.1) is 23.7 Å². The summed E-state index contributed by atoms with van der Waals surface area (Å²) in [5.41, 5.74) is 4.10. The van der Waals surface area contributed by atoms with Gasteiger partial charge in [0, 0.05) is 22.5 Å². The number of hydrogen-bond acceptors (Lipinski definition) is 3. The van der Waals surface area contributed by atoms with Crippen LogP contribution in [-0.4, -0.2) is 29.3 Å². The molecule has 2 saturated carbocycles. The van der Waals surface area contributed by atoms with Crippen LogP contribution in [0.15, 0.2) is 24.3 Å². The molecule has 1 aromatic carbocycles. The van der Waals surface area contributed by atoms with Crippen molar-refractivity contribution in [3.8, 4) is 0 Å². The number of carbonyl (C=O) groups is 1. The Hall–Kier alpha value is -1.52. The third kappa shape index (κ3) is 2.89. The van der Waals surface area contributed by atoms with E-state index in [0.29, 0.717) is 17.8 Å². The third-order valence-electron chi connectivity index (χ3n) is 7.47. The summed E-state index contributed by atoms with van der Waals surface area (Å²) in [5, 5.41) is 11.9. The second-order valence-corrected chi connectivity index (χ2v) is 8.56. The molecule has 1 heterocycles. The van der Waals surface area contributed by atoms with Crippen molar-refractivity contribution in [1.82, 2.24) is 4.98 Å². The van der Waals surface area contributed by atoms with Gasteiger partial charge in [-0.1, -0.05) is 18.2 Å². The van der Waals surface area contributed by atoms with E-state index in [1.165, 1.54) is 42.1 Å².